The lowest BCUT2D eigenvalue weighted by Gasteiger charge is -2.28. The molecule has 0 amide bonds. The van der Waals surface area contributed by atoms with Crippen molar-refractivity contribution in [1.29, 1.82) is 0 Å². The molecule has 0 heterocycles. The number of nitrogens with zero attached hydrogens (tertiary/aromatic N) is 1. The highest BCUT2D eigenvalue weighted by Gasteiger charge is 2.14. The van der Waals surface area contributed by atoms with E-state index in [1.54, 1.807) is 0 Å². The second-order valence-corrected chi connectivity index (χ2v) is 7.11. The third-order valence-corrected chi connectivity index (χ3v) is 5.03. The van der Waals surface area contributed by atoms with Crippen molar-refractivity contribution in [2.24, 2.45) is 0 Å². The van der Waals surface area contributed by atoms with Gasteiger partial charge in [-0.2, -0.15) is 0 Å². The minimum Gasteiger partial charge on any atom is -0.356 e. The zero-order valence-corrected chi connectivity index (χ0v) is 16.5. The average molecular weight is 375 g/mol. The van der Waals surface area contributed by atoms with Crippen molar-refractivity contribution < 1.29 is 0 Å². The fraction of sp³-hybridized carbons (Fsp3) is 0.208. The lowest BCUT2D eigenvalue weighted by molar-refractivity contribution is 0.403. The van der Waals surface area contributed by atoms with E-state index in [9.17, 15) is 0 Å². The molecular formula is C24H26N2S. The van der Waals surface area contributed by atoms with Gasteiger partial charge in [-0.25, -0.2) is 0 Å². The first-order chi connectivity index (χ1) is 13.2. The minimum absolute atomic E-state index is 0.175. The van der Waals surface area contributed by atoms with E-state index in [0.717, 1.165) is 24.6 Å². The van der Waals surface area contributed by atoms with Crippen molar-refractivity contribution in [2.45, 2.75) is 25.9 Å². The second kappa shape index (κ2) is 9.89. The van der Waals surface area contributed by atoms with Crippen molar-refractivity contribution in [1.82, 2.24) is 10.2 Å². The van der Waals surface area contributed by atoms with Crippen LogP contribution in [0.25, 0.3) is 0 Å². The summed E-state index contributed by atoms with van der Waals surface area (Å²) in [6, 6.07) is 31.7. The molecule has 3 rings (SSSR count). The molecule has 0 spiro atoms. The van der Waals surface area contributed by atoms with Crippen LogP contribution in [0.15, 0.2) is 91.0 Å². The van der Waals surface area contributed by atoms with Crippen LogP contribution in [0.2, 0.25) is 0 Å². The molecule has 3 aromatic rings. The molecule has 0 fully saturated rings. The van der Waals surface area contributed by atoms with Gasteiger partial charge in [-0.05, 0) is 42.3 Å². The fourth-order valence-corrected chi connectivity index (χ4v) is 3.40. The third kappa shape index (κ3) is 5.93. The van der Waals surface area contributed by atoms with Gasteiger partial charge in [0.15, 0.2) is 5.11 Å². The molecule has 0 aliphatic heterocycles. The molecule has 0 aliphatic carbocycles. The lowest BCUT2D eigenvalue weighted by Crippen LogP contribution is -2.41. The fourth-order valence-electron chi connectivity index (χ4n) is 3.07. The predicted molar refractivity (Wildman–Crippen MR) is 118 cm³/mol. The maximum absolute atomic E-state index is 5.78. The topological polar surface area (TPSA) is 15.3 Å². The Bertz CT molecular complexity index is 819. The molecule has 3 aromatic carbocycles. The number of nitrogens with one attached hydrogen (secondary N) is 1. The van der Waals surface area contributed by atoms with Crippen LogP contribution in [0.4, 0.5) is 0 Å². The zero-order chi connectivity index (χ0) is 18.9. The third-order valence-electron chi connectivity index (χ3n) is 4.66. The second-order valence-electron chi connectivity index (χ2n) is 6.72. The monoisotopic (exact) mass is 374 g/mol. The summed E-state index contributed by atoms with van der Waals surface area (Å²) >= 11 is 5.78. The van der Waals surface area contributed by atoms with Gasteiger partial charge in [-0.15, -0.1) is 0 Å². The highest BCUT2D eigenvalue weighted by molar-refractivity contribution is 7.80. The van der Waals surface area contributed by atoms with Gasteiger partial charge in [-0.3, -0.25) is 0 Å². The quantitative estimate of drug-likeness (QED) is 0.560. The van der Waals surface area contributed by atoms with E-state index in [4.69, 9.17) is 12.2 Å². The molecule has 0 saturated carbocycles. The molecule has 1 N–H and O–H groups in total. The number of benzene rings is 3. The predicted octanol–water partition coefficient (Wildman–Crippen LogP) is 5.37. The van der Waals surface area contributed by atoms with E-state index in [0.29, 0.717) is 0 Å². The van der Waals surface area contributed by atoms with Crippen LogP contribution in [0.1, 0.15) is 29.7 Å². The minimum atomic E-state index is 0.175. The van der Waals surface area contributed by atoms with E-state index in [1.165, 1.54) is 16.7 Å². The Morgan fingerprint density at radius 1 is 0.815 bits per heavy atom. The standard InChI is InChI=1S/C24H26N2S/c1-20(23-15-9-4-10-16-23)25-24(27)26(19-22-13-7-3-8-14-22)18-17-21-11-5-2-6-12-21/h2-16,20H,17-19H2,1H3,(H,25,27)/t20-/m0/s1. The first-order valence-corrected chi connectivity index (χ1v) is 9.81. The van der Waals surface area contributed by atoms with Crippen LogP contribution < -0.4 is 5.32 Å². The van der Waals surface area contributed by atoms with Crippen LogP contribution in [-0.4, -0.2) is 16.6 Å². The molecule has 3 heteroatoms. The summed E-state index contributed by atoms with van der Waals surface area (Å²) in [4.78, 5) is 2.26. The SMILES string of the molecule is C[C@H](NC(=S)N(CCc1ccccc1)Cc1ccccc1)c1ccccc1. The van der Waals surface area contributed by atoms with E-state index < -0.39 is 0 Å². The van der Waals surface area contributed by atoms with Crippen LogP contribution in [-0.2, 0) is 13.0 Å². The number of hydrogen-bond donors (Lipinski definition) is 1. The van der Waals surface area contributed by atoms with Gasteiger partial charge in [0, 0.05) is 13.1 Å². The Hall–Kier alpha value is -2.65. The van der Waals surface area contributed by atoms with Crippen LogP contribution in [0.3, 0.4) is 0 Å². The molecule has 0 aromatic heterocycles. The van der Waals surface area contributed by atoms with Gasteiger partial charge in [-0.1, -0.05) is 91.0 Å². The Labute approximate surface area is 167 Å². The number of thiocarbonyl (C=S) groups is 1. The van der Waals surface area contributed by atoms with E-state index >= 15 is 0 Å². The molecule has 27 heavy (non-hydrogen) atoms. The Morgan fingerprint density at radius 3 is 1.93 bits per heavy atom. The summed E-state index contributed by atoms with van der Waals surface area (Å²) in [5.74, 6) is 0. The van der Waals surface area contributed by atoms with Gasteiger partial charge < -0.3 is 10.2 Å². The molecule has 0 radical (unpaired) electrons. The van der Waals surface area contributed by atoms with Crippen molar-refractivity contribution in [3.05, 3.63) is 108 Å². The number of hydrogen-bond acceptors (Lipinski definition) is 1. The summed E-state index contributed by atoms with van der Waals surface area (Å²) < 4.78 is 0. The summed E-state index contributed by atoms with van der Waals surface area (Å²) in [6.07, 6.45) is 0.967. The molecule has 0 unspecified atom stereocenters. The van der Waals surface area contributed by atoms with Gasteiger partial charge in [0.1, 0.15) is 0 Å². The van der Waals surface area contributed by atoms with Gasteiger partial charge in [0.05, 0.1) is 6.04 Å². The summed E-state index contributed by atoms with van der Waals surface area (Å²) in [5.41, 5.74) is 3.83. The largest absolute Gasteiger partial charge is 0.356 e. The summed E-state index contributed by atoms with van der Waals surface area (Å²) in [5, 5.41) is 4.31. The van der Waals surface area contributed by atoms with Crippen molar-refractivity contribution in [3.8, 4) is 0 Å². The highest BCUT2D eigenvalue weighted by atomic mass is 32.1. The van der Waals surface area contributed by atoms with E-state index in [1.807, 2.05) is 12.1 Å². The first kappa shape index (κ1) is 19.1. The lowest BCUT2D eigenvalue weighted by atomic mass is 10.1. The highest BCUT2D eigenvalue weighted by Crippen LogP contribution is 2.13. The van der Waals surface area contributed by atoms with Gasteiger partial charge in [0.2, 0.25) is 0 Å². The van der Waals surface area contributed by atoms with Gasteiger partial charge >= 0.3 is 0 Å². The van der Waals surface area contributed by atoms with Crippen LogP contribution in [0.5, 0.6) is 0 Å². The Kier molecular flexibility index (Phi) is 7.00. The van der Waals surface area contributed by atoms with Gasteiger partial charge in [0.25, 0.3) is 0 Å². The zero-order valence-electron chi connectivity index (χ0n) is 15.7. The molecule has 0 aliphatic rings. The Morgan fingerprint density at radius 2 is 1.33 bits per heavy atom. The molecule has 0 saturated heterocycles. The molecular weight excluding hydrogens is 348 g/mol. The normalized spacial score (nSPS) is 11.6. The molecule has 138 valence electrons. The van der Waals surface area contributed by atoms with Crippen LogP contribution in [0, 0.1) is 0 Å². The van der Waals surface area contributed by atoms with Crippen molar-refractivity contribution in [2.75, 3.05) is 6.54 Å². The van der Waals surface area contributed by atoms with E-state index in [-0.39, 0.29) is 6.04 Å². The molecule has 2 nitrogen and oxygen atoms in total. The van der Waals surface area contributed by atoms with E-state index in [2.05, 4.69) is 96.0 Å². The molecule has 0 bridgehead atoms. The molecule has 1 atom stereocenters. The number of rotatable bonds is 7. The maximum Gasteiger partial charge on any atom is 0.169 e. The first-order valence-electron chi connectivity index (χ1n) is 9.40. The van der Waals surface area contributed by atoms with Crippen LogP contribution >= 0.6 is 12.2 Å². The average Bonchev–Trinajstić information content (AvgIpc) is 2.73. The maximum atomic E-state index is 5.78. The van der Waals surface area contributed by atoms with Crippen molar-refractivity contribution >= 4 is 17.3 Å². The van der Waals surface area contributed by atoms with Crippen molar-refractivity contribution in [3.63, 3.8) is 0 Å². The summed E-state index contributed by atoms with van der Waals surface area (Å²) in [6.45, 7) is 3.84. The summed E-state index contributed by atoms with van der Waals surface area (Å²) in [7, 11) is 0. The Balaban J connectivity index is 1.68. The smallest absolute Gasteiger partial charge is 0.169 e.